The highest BCUT2D eigenvalue weighted by Gasteiger charge is 2.07. The number of nitrogen functional groups attached to an aromatic ring is 1. The Morgan fingerprint density at radius 1 is 1.33 bits per heavy atom. The van der Waals surface area contributed by atoms with Gasteiger partial charge in [-0.1, -0.05) is 12.1 Å². The number of aromatic nitrogens is 5. The molecule has 132 valence electrons. The van der Waals surface area contributed by atoms with Crippen molar-refractivity contribution < 1.29 is 5.11 Å². The molecule has 0 amide bonds. The summed E-state index contributed by atoms with van der Waals surface area (Å²) in [7, 11) is 0. The highest BCUT2D eigenvalue weighted by molar-refractivity contribution is 5.58. The summed E-state index contributed by atoms with van der Waals surface area (Å²) in [4.78, 5) is 24.8. The zero-order valence-electron chi connectivity index (χ0n) is 13.7. The number of nitrogens with zero attached hydrogens (tertiary/aromatic N) is 5. The maximum absolute atomic E-state index is 11.3. The minimum absolute atomic E-state index is 0.187. The van der Waals surface area contributed by atoms with E-state index in [0.717, 1.165) is 0 Å². The Bertz CT molecular complexity index is 1390. The molecule has 0 unspecified atom stereocenters. The number of nitriles is 1. The molecule has 5 N–H and O–H groups in total. The third kappa shape index (κ3) is 2.89. The summed E-state index contributed by atoms with van der Waals surface area (Å²) < 4.78 is 1.41. The average molecular weight is 360 g/mol. The molecule has 0 aliphatic carbocycles. The number of fused-ring (bicyclic) bond motifs is 1. The van der Waals surface area contributed by atoms with E-state index >= 15 is 0 Å². The molecule has 4 aromatic rings. The molecule has 10 heteroatoms. The van der Waals surface area contributed by atoms with E-state index in [1.165, 1.54) is 22.9 Å². The van der Waals surface area contributed by atoms with E-state index in [1.54, 1.807) is 24.3 Å². The van der Waals surface area contributed by atoms with E-state index in [4.69, 9.17) is 5.73 Å². The van der Waals surface area contributed by atoms with Gasteiger partial charge in [0, 0.05) is 11.3 Å². The minimum Gasteiger partial charge on any atom is -0.493 e. The zero-order chi connectivity index (χ0) is 19.0. The van der Waals surface area contributed by atoms with E-state index in [-0.39, 0.29) is 11.6 Å². The van der Waals surface area contributed by atoms with E-state index < -0.39 is 5.69 Å². The van der Waals surface area contributed by atoms with Crippen molar-refractivity contribution in [2.75, 3.05) is 5.73 Å². The number of aromatic hydroxyl groups is 1. The normalized spacial score (nSPS) is 12.6. The molecule has 0 saturated carbocycles. The fourth-order valence-corrected chi connectivity index (χ4v) is 2.59. The summed E-state index contributed by atoms with van der Waals surface area (Å²) in [5, 5.41) is 23.6. The summed E-state index contributed by atoms with van der Waals surface area (Å²) >= 11 is 0. The number of H-pyrrole nitrogens is 2. The molecule has 0 aliphatic heterocycles. The molecule has 0 atom stereocenters. The van der Waals surface area contributed by atoms with Crippen LogP contribution >= 0.6 is 0 Å². The average Bonchev–Trinajstić information content (AvgIpc) is 3.19. The minimum atomic E-state index is -0.536. The van der Waals surface area contributed by atoms with Crippen molar-refractivity contribution in [3.63, 3.8) is 0 Å². The first kappa shape index (κ1) is 16.1. The third-order valence-corrected chi connectivity index (χ3v) is 3.81. The molecular weight excluding hydrogens is 348 g/mol. The molecule has 3 heterocycles. The molecule has 4 rings (SSSR count). The van der Waals surface area contributed by atoms with Crippen LogP contribution in [0.15, 0.2) is 46.3 Å². The Kier molecular flexibility index (Phi) is 3.67. The van der Waals surface area contributed by atoms with Crippen LogP contribution in [0.25, 0.3) is 11.7 Å². The van der Waals surface area contributed by atoms with Gasteiger partial charge in [0.2, 0.25) is 5.88 Å². The molecule has 3 aromatic heterocycles. The molecule has 10 nitrogen and oxygen atoms in total. The number of aromatic amines is 2. The molecule has 27 heavy (non-hydrogen) atoms. The standard InChI is InChI=1S/C17H12N8O2/c18-7-9-3-1-2-4-11(9)21-14-6-13(19)25-15(23-14)10(8-20-25)5-12-16(26)24-17(27)22-12/h1-6,8,26H,19H2,(H2,22,24,27). The fraction of sp³-hybridized carbons (Fsp3) is 0. The quantitative estimate of drug-likeness (QED) is 0.383. The molecule has 1 aromatic carbocycles. The van der Waals surface area contributed by atoms with Gasteiger partial charge in [-0.25, -0.2) is 14.8 Å². The number of nitrogens with one attached hydrogen (secondary N) is 2. The first-order valence-corrected chi connectivity index (χ1v) is 7.76. The van der Waals surface area contributed by atoms with Gasteiger partial charge in [0.1, 0.15) is 17.6 Å². The topological polar surface area (TPSA) is 161 Å². The van der Waals surface area contributed by atoms with Gasteiger partial charge < -0.3 is 15.8 Å². The molecule has 0 saturated heterocycles. The number of anilines is 1. The van der Waals surface area contributed by atoms with Gasteiger partial charge in [-0.3, -0.25) is 4.98 Å². The number of para-hydroxylation sites is 1. The van der Waals surface area contributed by atoms with E-state index in [0.29, 0.717) is 33.4 Å². The maximum atomic E-state index is 11.3. The van der Waals surface area contributed by atoms with Gasteiger partial charge in [0.15, 0.2) is 11.1 Å². The molecular formula is C17H12N8O2. The van der Waals surface area contributed by atoms with Crippen LogP contribution in [-0.4, -0.2) is 29.7 Å². The van der Waals surface area contributed by atoms with Gasteiger partial charge in [0.05, 0.1) is 17.4 Å². The number of benzene rings is 1. The SMILES string of the molecule is N#Cc1ccccc1N=c1cc(N)n2ncc(=Cc3[nH]c(=O)[nH]c3O)c2n1. The lowest BCUT2D eigenvalue weighted by molar-refractivity contribution is 0.454. The van der Waals surface area contributed by atoms with Gasteiger partial charge in [0.25, 0.3) is 0 Å². The van der Waals surface area contributed by atoms with Crippen molar-refractivity contribution in [1.82, 2.24) is 24.6 Å². The summed E-state index contributed by atoms with van der Waals surface area (Å²) in [6.45, 7) is 0. The fourth-order valence-electron chi connectivity index (χ4n) is 2.59. The first-order valence-electron chi connectivity index (χ1n) is 7.76. The molecule has 0 aliphatic rings. The molecule has 0 fully saturated rings. The van der Waals surface area contributed by atoms with Gasteiger partial charge in [-0.15, -0.1) is 0 Å². The van der Waals surface area contributed by atoms with Gasteiger partial charge in [-0.2, -0.15) is 14.9 Å². The predicted octanol–water partition coefficient (Wildman–Crippen LogP) is -0.315. The highest BCUT2D eigenvalue weighted by Crippen LogP contribution is 2.16. The van der Waals surface area contributed by atoms with Gasteiger partial charge in [-0.05, 0) is 18.2 Å². The van der Waals surface area contributed by atoms with Crippen LogP contribution in [0.4, 0.5) is 11.5 Å². The van der Waals surface area contributed by atoms with Crippen LogP contribution in [0.2, 0.25) is 0 Å². The molecule has 0 bridgehead atoms. The zero-order valence-corrected chi connectivity index (χ0v) is 13.7. The van der Waals surface area contributed by atoms with E-state index in [2.05, 4.69) is 31.1 Å². The van der Waals surface area contributed by atoms with E-state index in [9.17, 15) is 15.2 Å². The van der Waals surface area contributed by atoms with Crippen molar-refractivity contribution in [3.8, 4) is 11.9 Å². The Morgan fingerprint density at radius 3 is 2.89 bits per heavy atom. The highest BCUT2D eigenvalue weighted by atomic mass is 16.3. The number of hydrogen-bond acceptors (Lipinski definition) is 7. The van der Waals surface area contributed by atoms with Crippen molar-refractivity contribution >= 4 is 23.2 Å². The number of rotatable bonds is 2. The van der Waals surface area contributed by atoms with Crippen LogP contribution < -0.4 is 22.1 Å². The van der Waals surface area contributed by atoms with Crippen LogP contribution in [-0.2, 0) is 0 Å². The number of imidazole rings is 1. The maximum Gasteiger partial charge on any atom is 0.326 e. The Hall–Kier alpha value is -4.39. The third-order valence-electron chi connectivity index (χ3n) is 3.81. The summed E-state index contributed by atoms with van der Waals surface area (Å²) in [6.07, 6.45) is 3.01. The Morgan fingerprint density at radius 2 is 2.15 bits per heavy atom. The lowest BCUT2D eigenvalue weighted by Gasteiger charge is -1.99. The van der Waals surface area contributed by atoms with Crippen molar-refractivity contribution in [2.45, 2.75) is 0 Å². The number of hydrogen-bond donors (Lipinski definition) is 4. The van der Waals surface area contributed by atoms with Crippen molar-refractivity contribution in [2.24, 2.45) is 4.99 Å². The Balaban J connectivity index is 1.96. The second-order valence-corrected chi connectivity index (χ2v) is 5.60. The Labute approximate surface area is 150 Å². The second kappa shape index (κ2) is 6.16. The van der Waals surface area contributed by atoms with E-state index in [1.807, 2.05) is 0 Å². The predicted molar refractivity (Wildman–Crippen MR) is 95.6 cm³/mol. The summed E-state index contributed by atoms with van der Waals surface area (Å²) in [6, 6.07) is 10.5. The van der Waals surface area contributed by atoms with Crippen molar-refractivity contribution in [1.29, 1.82) is 5.26 Å². The van der Waals surface area contributed by atoms with Crippen LogP contribution in [0.3, 0.4) is 0 Å². The first-order chi connectivity index (χ1) is 13.0. The second-order valence-electron chi connectivity index (χ2n) is 5.60. The van der Waals surface area contributed by atoms with Gasteiger partial charge >= 0.3 is 5.69 Å². The number of nitrogens with two attached hydrogens (primary N) is 1. The lowest BCUT2D eigenvalue weighted by Crippen LogP contribution is -2.16. The monoisotopic (exact) mass is 360 g/mol. The van der Waals surface area contributed by atoms with Crippen molar-refractivity contribution in [3.05, 3.63) is 69.0 Å². The lowest BCUT2D eigenvalue weighted by atomic mass is 10.2. The molecule has 0 radical (unpaired) electrons. The largest absolute Gasteiger partial charge is 0.493 e. The van der Waals surface area contributed by atoms with Crippen LogP contribution in [0, 0.1) is 11.3 Å². The van der Waals surface area contributed by atoms with Crippen LogP contribution in [0.1, 0.15) is 11.3 Å². The summed E-state index contributed by atoms with van der Waals surface area (Å²) in [5.41, 5.74) is 7.23. The smallest absolute Gasteiger partial charge is 0.326 e. The summed E-state index contributed by atoms with van der Waals surface area (Å²) in [5.74, 6) is -0.00395. The van der Waals surface area contributed by atoms with Crippen LogP contribution in [0.5, 0.6) is 5.88 Å². The molecule has 0 spiro atoms.